The summed E-state index contributed by atoms with van der Waals surface area (Å²) in [6.07, 6.45) is 0. The number of benzene rings is 3. The summed E-state index contributed by atoms with van der Waals surface area (Å²) in [5, 5.41) is 3.61. The Morgan fingerprint density at radius 1 is 0.964 bits per heavy atom. The Bertz CT molecular complexity index is 1140. The fourth-order valence-electron chi connectivity index (χ4n) is 3.00. The lowest BCUT2D eigenvalue weighted by atomic mass is 10.1. The van der Waals surface area contributed by atoms with E-state index < -0.39 is 0 Å². The van der Waals surface area contributed by atoms with Gasteiger partial charge < -0.3 is 10.1 Å². The Morgan fingerprint density at radius 2 is 1.71 bits per heavy atom. The summed E-state index contributed by atoms with van der Waals surface area (Å²) in [5.41, 5.74) is 3.56. The molecule has 0 unspecified atom stereocenters. The zero-order valence-electron chi connectivity index (χ0n) is 15.1. The quantitative estimate of drug-likeness (QED) is 0.529. The van der Waals surface area contributed by atoms with E-state index in [1.54, 1.807) is 13.2 Å². The predicted octanol–water partition coefficient (Wildman–Crippen LogP) is 5.30. The molecule has 4 rings (SSSR count). The molecule has 4 nitrogen and oxygen atoms in total. The van der Waals surface area contributed by atoms with Crippen LogP contribution in [0.4, 0.5) is 10.1 Å². The molecule has 28 heavy (non-hydrogen) atoms. The maximum atomic E-state index is 13.0. The van der Waals surface area contributed by atoms with Gasteiger partial charge in [0, 0.05) is 28.3 Å². The largest absolute Gasteiger partial charge is 0.496 e. The van der Waals surface area contributed by atoms with Crippen molar-refractivity contribution in [1.29, 1.82) is 0 Å². The SMILES string of the molecule is COc1cc(-c2ccccc2)nc2ccc(NC(=O)c3ccc(F)cc3)cc12. The third-order valence-corrected chi connectivity index (χ3v) is 4.42. The number of pyridine rings is 1. The molecule has 0 atom stereocenters. The van der Waals surface area contributed by atoms with Crippen molar-refractivity contribution in [2.75, 3.05) is 12.4 Å². The molecule has 1 aromatic heterocycles. The van der Waals surface area contributed by atoms with Gasteiger partial charge in [0.15, 0.2) is 0 Å². The number of halogens is 1. The topological polar surface area (TPSA) is 51.2 Å². The summed E-state index contributed by atoms with van der Waals surface area (Å²) in [4.78, 5) is 17.1. The van der Waals surface area contributed by atoms with Gasteiger partial charge in [-0.25, -0.2) is 9.37 Å². The molecule has 0 saturated heterocycles. The summed E-state index contributed by atoms with van der Waals surface area (Å²) in [6, 6.07) is 22.6. The van der Waals surface area contributed by atoms with Crippen LogP contribution in [0.15, 0.2) is 78.9 Å². The number of amides is 1. The van der Waals surface area contributed by atoms with Crippen LogP contribution in [0.3, 0.4) is 0 Å². The van der Waals surface area contributed by atoms with Crippen molar-refractivity contribution in [3.63, 3.8) is 0 Å². The highest BCUT2D eigenvalue weighted by Gasteiger charge is 2.11. The molecule has 0 radical (unpaired) electrons. The lowest BCUT2D eigenvalue weighted by Gasteiger charge is -2.11. The van der Waals surface area contributed by atoms with Crippen molar-refractivity contribution in [3.05, 3.63) is 90.2 Å². The van der Waals surface area contributed by atoms with Crippen molar-refractivity contribution < 1.29 is 13.9 Å². The van der Waals surface area contributed by atoms with E-state index in [0.29, 0.717) is 17.0 Å². The molecule has 138 valence electrons. The van der Waals surface area contributed by atoms with Gasteiger partial charge in [0.05, 0.1) is 18.3 Å². The second kappa shape index (κ2) is 7.48. The van der Waals surface area contributed by atoms with Crippen molar-refractivity contribution in [1.82, 2.24) is 4.98 Å². The first kappa shape index (κ1) is 17.7. The summed E-state index contributed by atoms with van der Waals surface area (Å²) < 4.78 is 18.6. The number of ether oxygens (including phenoxy) is 1. The van der Waals surface area contributed by atoms with Crippen LogP contribution in [0.2, 0.25) is 0 Å². The summed E-state index contributed by atoms with van der Waals surface area (Å²) in [7, 11) is 1.60. The van der Waals surface area contributed by atoms with Gasteiger partial charge in [0.2, 0.25) is 0 Å². The molecule has 0 fully saturated rings. The molecule has 4 aromatic rings. The molecule has 0 aliphatic rings. The number of hydrogen-bond acceptors (Lipinski definition) is 3. The lowest BCUT2D eigenvalue weighted by molar-refractivity contribution is 0.102. The number of anilines is 1. The van der Waals surface area contributed by atoms with Crippen LogP contribution >= 0.6 is 0 Å². The van der Waals surface area contributed by atoms with Crippen LogP contribution in [0, 0.1) is 5.82 Å². The van der Waals surface area contributed by atoms with Gasteiger partial charge >= 0.3 is 0 Å². The lowest BCUT2D eigenvalue weighted by Crippen LogP contribution is -2.11. The molecule has 1 amide bonds. The van der Waals surface area contributed by atoms with Crippen LogP contribution in [0.25, 0.3) is 22.2 Å². The third kappa shape index (κ3) is 3.55. The van der Waals surface area contributed by atoms with Gasteiger partial charge in [-0.15, -0.1) is 0 Å². The van der Waals surface area contributed by atoms with Crippen LogP contribution in [-0.4, -0.2) is 18.0 Å². The second-order valence-corrected chi connectivity index (χ2v) is 6.27. The highest BCUT2D eigenvalue weighted by molar-refractivity contribution is 6.05. The molecule has 0 saturated carbocycles. The fourth-order valence-corrected chi connectivity index (χ4v) is 3.00. The van der Waals surface area contributed by atoms with Gasteiger partial charge in [-0.2, -0.15) is 0 Å². The standard InChI is InChI=1S/C23H17FN2O2/c1-28-22-14-21(15-5-3-2-4-6-15)26-20-12-11-18(13-19(20)22)25-23(27)16-7-9-17(24)10-8-16/h2-14H,1H3,(H,25,27). The first-order valence-corrected chi connectivity index (χ1v) is 8.75. The Labute approximate surface area is 161 Å². The maximum Gasteiger partial charge on any atom is 0.255 e. The van der Waals surface area contributed by atoms with Gasteiger partial charge in [-0.1, -0.05) is 30.3 Å². The van der Waals surface area contributed by atoms with E-state index >= 15 is 0 Å². The Balaban J connectivity index is 1.68. The molecule has 3 aromatic carbocycles. The zero-order valence-corrected chi connectivity index (χ0v) is 15.1. The average Bonchev–Trinajstić information content (AvgIpc) is 2.74. The molecule has 0 spiro atoms. The van der Waals surface area contributed by atoms with E-state index in [-0.39, 0.29) is 11.7 Å². The number of hydrogen-bond donors (Lipinski definition) is 1. The molecular formula is C23H17FN2O2. The third-order valence-electron chi connectivity index (χ3n) is 4.42. The Kier molecular flexibility index (Phi) is 4.72. The number of rotatable bonds is 4. The first-order chi connectivity index (χ1) is 13.6. The minimum Gasteiger partial charge on any atom is -0.496 e. The fraction of sp³-hybridized carbons (Fsp3) is 0.0435. The minimum absolute atomic E-state index is 0.313. The van der Waals surface area contributed by atoms with Crippen LogP contribution in [0.1, 0.15) is 10.4 Å². The van der Waals surface area contributed by atoms with Gasteiger partial charge in [-0.3, -0.25) is 4.79 Å². The van der Waals surface area contributed by atoms with E-state index in [4.69, 9.17) is 9.72 Å². The van der Waals surface area contributed by atoms with Crippen molar-refractivity contribution in [3.8, 4) is 17.0 Å². The molecule has 0 aliphatic carbocycles. The summed E-state index contributed by atoms with van der Waals surface area (Å²) >= 11 is 0. The van der Waals surface area contributed by atoms with Crippen molar-refractivity contribution >= 4 is 22.5 Å². The summed E-state index contributed by atoms with van der Waals surface area (Å²) in [5.74, 6) is -0.0267. The Hall–Kier alpha value is -3.73. The monoisotopic (exact) mass is 372 g/mol. The molecule has 0 aliphatic heterocycles. The highest BCUT2D eigenvalue weighted by Crippen LogP contribution is 2.31. The second-order valence-electron chi connectivity index (χ2n) is 6.27. The Morgan fingerprint density at radius 3 is 2.43 bits per heavy atom. The average molecular weight is 372 g/mol. The molecule has 5 heteroatoms. The smallest absolute Gasteiger partial charge is 0.255 e. The number of carbonyl (C=O) groups excluding carboxylic acids is 1. The van der Waals surface area contributed by atoms with Gasteiger partial charge in [0.25, 0.3) is 5.91 Å². The first-order valence-electron chi connectivity index (χ1n) is 8.75. The van der Waals surface area contributed by atoms with Crippen LogP contribution in [-0.2, 0) is 0 Å². The number of nitrogens with zero attached hydrogens (tertiary/aromatic N) is 1. The number of aromatic nitrogens is 1. The predicted molar refractivity (Wildman–Crippen MR) is 108 cm³/mol. The normalized spacial score (nSPS) is 10.6. The van der Waals surface area contributed by atoms with Crippen molar-refractivity contribution in [2.45, 2.75) is 0 Å². The minimum atomic E-state index is -0.382. The van der Waals surface area contributed by atoms with E-state index in [0.717, 1.165) is 22.2 Å². The van der Waals surface area contributed by atoms with E-state index in [9.17, 15) is 9.18 Å². The van der Waals surface area contributed by atoms with E-state index in [2.05, 4.69) is 5.32 Å². The molecule has 1 heterocycles. The summed E-state index contributed by atoms with van der Waals surface area (Å²) in [6.45, 7) is 0. The van der Waals surface area contributed by atoms with Crippen LogP contribution < -0.4 is 10.1 Å². The van der Waals surface area contributed by atoms with Gasteiger partial charge in [-0.05, 0) is 42.5 Å². The number of carbonyl (C=O) groups is 1. The number of nitrogens with one attached hydrogen (secondary N) is 1. The highest BCUT2D eigenvalue weighted by atomic mass is 19.1. The van der Waals surface area contributed by atoms with Gasteiger partial charge in [0.1, 0.15) is 11.6 Å². The van der Waals surface area contributed by atoms with Crippen LogP contribution in [0.5, 0.6) is 5.75 Å². The molecule has 1 N–H and O–H groups in total. The zero-order chi connectivity index (χ0) is 19.5. The number of methoxy groups -OCH3 is 1. The van der Waals surface area contributed by atoms with E-state index in [1.807, 2.05) is 48.5 Å². The number of fused-ring (bicyclic) bond motifs is 1. The molecule has 0 bridgehead atoms. The van der Waals surface area contributed by atoms with E-state index in [1.165, 1.54) is 24.3 Å². The maximum absolute atomic E-state index is 13.0. The van der Waals surface area contributed by atoms with Crippen molar-refractivity contribution in [2.24, 2.45) is 0 Å². The molecular weight excluding hydrogens is 355 g/mol.